The summed E-state index contributed by atoms with van der Waals surface area (Å²) < 4.78 is 61.5. The normalized spacial score (nSPS) is 11.7. The maximum absolute atomic E-state index is 12.3. The van der Waals surface area contributed by atoms with E-state index in [-0.39, 0.29) is 28.8 Å². The summed E-state index contributed by atoms with van der Waals surface area (Å²) >= 11 is 5.80. The summed E-state index contributed by atoms with van der Waals surface area (Å²) in [5.41, 5.74) is 0.733. The van der Waals surface area contributed by atoms with Crippen LogP contribution in [0.4, 0.5) is 8.78 Å². The highest BCUT2D eigenvalue weighted by Gasteiger charge is 2.17. The number of halogens is 3. The molecule has 0 atom stereocenters. The van der Waals surface area contributed by atoms with Crippen LogP contribution in [0.5, 0.6) is 11.5 Å². The van der Waals surface area contributed by atoms with Crippen molar-refractivity contribution in [3.63, 3.8) is 0 Å². The zero-order chi connectivity index (χ0) is 20.9. The summed E-state index contributed by atoms with van der Waals surface area (Å²) in [4.78, 5) is 4.14. The van der Waals surface area contributed by atoms with Crippen LogP contribution in [-0.2, 0) is 10.0 Å². The number of alkyl halides is 2. The second-order valence-electron chi connectivity index (χ2n) is 5.90. The highest BCUT2D eigenvalue weighted by atomic mass is 35.5. The van der Waals surface area contributed by atoms with Crippen LogP contribution in [0, 0.1) is 0 Å². The van der Waals surface area contributed by atoms with Crippen LogP contribution in [0.25, 0.3) is 10.9 Å². The van der Waals surface area contributed by atoms with Crippen LogP contribution in [0.15, 0.2) is 59.6 Å². The summed E-state index contributed by atoms with van der Waals surface area (Å²) in [6, 6.07) is 12.6. The Morgan fingerprint density at radius 1 is 1.10 bits per heavy atom. The number of sulfonamides is 1. The molecule has 0 aliphatic carbocycles. The molecule has 0 amide bonds. The maximum Gasteiger partial charge on any atom is 0.387 e. The molecule has 3 aromatic rings. The van der Waals surface area contributed by atoms with Crippen molar-refractivity contribution in [3.8, 4) is 11.5 Å². The Morgan fingerprint density at radius 3 is 2.66 bits per heavy atom. The zero-order valence-corrected chi connectivity index (χ0v) is 16.6. The van der Waals surface area contributed by atoms with Crippen LogP contribution < -0.4 is 14.2 Å². The average molecular weight is 443 g/mol. The quantitative estimate of drug-likeness (QED) is 0.501. The molecule has 1 aromatic heterocycles. The number of hydrogen-bond acceptors (Lipinski definition) is 5. The lowest BCUT2D eigenvalue weighted by Gasteiger charge is -2.11. The minimum Gasteiger partial charge on any atom is -0.491 e. The molecule has 3 rings (SSSR count). The highest BCUT2D eigenvalue weighted by molar-refractivity contribution is 7.89. The summed E-state index contributed by atoms with van der Waals surface area (Å²) in [5.74, 6) is 0.324. The van der Waals surface area contributed by atoms with Crippen molar-refractivity contribution in [2.45, 2.75) is 17.9 Å². The number of benzene rings is 2. The highest BCUT2D eigenvalue weighted by Crippen LogP contribution is 2.28. The molecule has 0 saturated heterocycles. The molecule has 0 bridgehead atoms. The number of fused-ring (bicyclic) bond motifs is 1. The molecule has 1 N–H and O–H groups in total. The summed E-state index contributed by atoms with van der Waals surface area (Å²) in [6.07, 6.45) is 2.08. The number of nitrogens with zero attached hydrogens (tertiary/aromatic N) is 1. The molecule has 0 aliphatic rings. The van der Waals surface area contributed by atoms with Gasteiger partial charge in [-0.05, 0) is 36.8 Å². The van der Waals surface area contributed by atoms with E-state index in [4.69, 9.17) is 16.3 Å². The van der Waals surface area contributed by atoms with Gasteiger partial charge in [-0.2, -0.15) is 8.78 Å². The van der Waals surface area contributed by atoms with Gasteiger partial charge in [0.05, 0.1) is 16.5 Å². The Morgan fingerprint density at radius 2 is 1.90 bits per heavy atom. The van der Waals surface area contributed by atoms with Gasteiger partial charge in [-0.3, -0.25) is 4.98 Å². The molecule has 0 radical (unpaired) electrons. The van der Waals surface area contributed by atoms with E-state index in [2.05, 4.69) is 14.4 Å². The first-order chi connectivity index (χ1) is 13.9. The van der Waals surface area contributed by atoms with Gasteiger partial charge in [0.1, 0.15) is 17.0 Å². The van der Waals surface area contributed by atoms with Gasteiger partial charge < -0.3 is 9.47 Å². The number of hydrogen-bond donors (Lipinski definition) is 1. The van der Waals surface area contributed by atoms with E-state index in [1.165, 1.54) is 0 Å². The zero-order valence-electron chi connectivity index (χ0n) is 15.0. The first kappa shape index (κ1) is 21.2. The molecule has 0 spiro atoms. The molecule has 1 heterocycles. The molecule has 0 fully saturated rings. The fraction of sp³-hybridized carbons (Fsp3) is 0.211. The molecule has 0 saturated carbocycles. The van der Waals surface area contributed by atoms with Crippen LogP contribution in [0.2, 0.25) is 5.02 Å². The predicted molar refractivity (Wildman–Crippen MR) is 105 cm³/mol. The number of para-hydroxylation sites is 1. The van der Waals surface area contributed by atoms with E-state index in [1.54, 1.807) is 12.3 Å². The van der Waals surface area contributed by atoms with E-state index in [0.29, 0.717) is 12.2 Å². The van der Waals surface area contributed by atoms with Gasteiger partial charge in [-0.15, -0.1) is 0 Å². The lowest BCUT2D eigenvalue weighted by molar-refractivity contribution is -0.0498. The number of pyridine rings is 1. The topological polar surface area (TPSA) is 77.5 Å². The standard InChI is InChI=1S/C19H17ClF2N2O4S/c20-15-12-14(7-8-16(15)28-19(21)22)29(25,26)24-10-3-11-27-17-6-1-4-13-5-2-9-23-18(13)17/h1-2,4-9,12,19,24H,3,10-11H2. The van der Waals surface area contributed by atoms with Crippen molar-refractivity contribution in [1.29, 1.82) is 0 Å². The Bertz CT molecular complexity index is 1090. The fourth-order valence-corrected chi connectivity index (χ4v) is 3.97. The second kappa shape index (κ2) is 9.34. The van der Waals surface area contributed by atoms with Gasteiger partial charge in [-0.1, -0.05) is 29.8 Å². The molecule has 0 aliphatic heterocycles. The second-order valence-corrected chi connectivity index (χ2v) is 8.08. The fourth-order valence-electron chi connectivity index (χ4n) is 2.58. The van der Waals surface area contributed by atoms with E-state index in [0.717, 1.165) is 29.1 Å². The van der Waals surface area contributed by atoms with Gasteiger partial charge in [0, 0.05) is 18.1 Å². The third-order valence-electron chi connectivity index (χ3n) is 3.90. The van der Waals surface area contributed by atoms with Gasteiger partial charge in [0.2, 0.25) is 10.0 Å². The van der Waals surface area contributed by atoms with Crippen molar-refractivity contribution < 1.29 is 26.7 Å². The maximum atomic E-state index is 12.3. The van der Waals surface area contributed by atoms with Gasteiger partial charge in [-0.25, -0.2) is 13.1 Å². The number of rotatable bonds is 9. The Balaban J connectivity index is 1.54. The SMILES string of the molecule is O=S(=O)(NCCCOc1cccc2cccnc12)c1ccc(OC(F)F)c(Cl)c1. The van der Waals surface area contributed by atoms with Crippen molar-refractivity contribution in [2.75, 3.05) is 13.2 Å². The molecule has 29 heavy (non-hydrogen) atoms. The molecule has 2 aromatic carbocycles. The minimum atomic E-state index is -3.85. The van der Waals surface area contributed by atoms with Gasteiger partial charge in [0.15, 0.2) is 0 Å². The average Bonchev–Trinajstić information content (AvgIpc) is 2.69. The lowest BCUT2D eigenvalue weighted by atomic mass is 10.2. The Labute approximate surface area is 171 Å². The molecular weight excluding hydrogens is 426 g/mol. The third kappa shape index (κ3) is 5.53. The Kier molecular flexibility index (Phi) is 6.83. The van der Waals surface area contributed by atoms with Crippen molar-refractivity contribution >= 4 is 32.5 Å². The number of aromatic nitrogens is 1. The molecule has 154 valence electrons. The molecule has 6 nitrogen and oxygen atoms in total. The van der Waals surface area contributed by atoms with Gasteiger partial charge >= 0.3 is 6.61 Å². The first-order valence-corrected chi connectivity index (χ1v) is 10.4. The van der Waals surface area contributed by atoms with Crippen molar-refractivity contribution in [1.82, 2.24) is 9.71 Å². The van der Waals surface area contributed by atoms with Crippen LogP contribution in [-0.4, -0.2) is 33.2 Å². The number of nitrogens with one attached hydrogen (secondary N) is 1. The first-order valence-electron chi connectivity index (χ1n) is 8.57. The minimum absolute atomic E-state index is 0.118. The van der Waals surface area contributed by atoms with Crippen molar-refractivity contribution in [2.24, 2.45) is 0 Å². The summed E-state index contributed by atoms with van der Waals surface area (Å²) in [6.45, 7) is -2.65. The van der Waals surface area contributed by atoms with E-state index < -0.39 is 16.6 Å². The van der Waals surface area contributed by atoms with Crippen LogP contribution in [0.1, 0.15) is 6.42 Å². The van der Waals surface area contributed by atoms with E-state index in [9.17, 15) is 17.2 Å². The Hall–Kier alpha value is -2.49. The predicted octanol–water partition coefficient (Wildman–Crippen LogP) is 4.24. The van der Waals surface area contributed by atoms with E-state index in [1.807, 2.05) is 24.3 Å². The lowest BCUT2D eigenvalue weighted by Crippen LogP contribution is -2.26. The van der Waals surface area contributed by atoms with Crippen LogP contribution >= 0.6 is 11.6 Å². The molecule has 10 heteroatoms. The number of ether oxygens (including phenoxy) is 2. The summed E-state index contributed by atoms with van der Waals surface area (Å²) in [5, 5.41) is 0.724. The third-order valence-corrected chi connectivity index (χ3v) is 5.65. The van der Waals surface area contributed by atoms with Crippen molar-refractivity contribution in [3.05, 3.63) is 59.8 Å². The van der Waals surface area contributed by atoms with E-state index >= 15 is 0 Å². The van der Waals surface area contributed by atoms with Gasteiger partial charge in [0.25, 0.3) is 0 Å². The summed E-state index contributed by atoms with van der Waals surface area (Å²) in [7, 11) is -3.85. The smallest absolute Gasteiger partial charge is 0.387 e. The van der Waals surface area contributed by atoms with Crippen LogP contribution in [0.3, 0.4) is 0 Å². The molecule has 0 unspecified atom stereocenters. The largest absolute Gasteiger partial charge is 0.491 e. The molecular formula is C19H17ClF2N2O4S. The monoisotopic (exact) mass is 442 g/mol.